The van der Waals surface area contributed by atoms with E-state index in [0.29, 0.717) is 17.0 Å². The van der Waals surface area contributed by atoms with Gasteiger partial charge in [-0.25, -0.2) is 18.1 Å². The van der Waals surface area contributed by atoms with Crippen molar-refractivity contribution in [3.05, 3.63) is 41.0 Å². The lowest BCUT2D eigenvalue weighted by molar-refractivity contribution is 0.391. The predicted molar refractivity (Wildman–Crippen MR) is 73.7 cm³/mol. The van der Waals surface area contributed by atoms with Gasteiger partial charge in [0, 0.05) is 17.8 Å². The standard InChI is InChI=1S/C13H14N4O3S/c1-8-13(10(3)20-16-8)9(2)17-21(18,19)12-5-4-11(6-14)15-7-12/h4-5,7,9,17H,1-3H3. The molecule has 0 aliphatic rings. The Morgan fingerprint density at radius 3 is 2.57 bits per heavy atom. The van der Waals surface area contributed by atoms with Crippen molar-refractivity contribution >= 4 is 10.0 Å². The largest absolute Gasteiger partial charge is 0.361 e. The average Bonchev–Trinajstić information content (AvgIpc) is 2.77. The monoisotopic (exact) mass is 306 g/mol. The van der Waals surface area contributed by atoms with Crippen LogP contribution in [0.25, 0.3) is 0 Å². The molecule has 0 saturated carbocycles. The molecule has 0 amide bonds. The summed E-state index contributed by atoms with van der Waals surface area (Å²) in [6, 6.07) is 4.05. The third-order valence-electron chi connectivity index (χ3n) is 3.01. The predicted octanol–water partition coefficient (Wildman–Crippen LogP) is 1.60. The van der Waals surface area contributed by atoms with Crippen LogP contribution in [-0.2, 0) is 10.0 Å². The smallest absolute Gasteiger partial charge is 0.242 e. The fourth-order valence-corrected chi connectivity index (χ4v) is 3.23. The first-order valence-electron chi connectivity index (χ1n) is 6.16. The maximum Gasteiger partial charge on any atom is 0.242 e. The Bertz CT molecular complexity index is 768. The molecule has 1 N–H and O–H groups in total. The number of aryl methyl sites for hydroxylation is 2. The number of nitrogens with one attached hydrogen (secondary N) is 1. The summed E-state index contributed by atoms with van der Waals surface area (Å²) in [6.07, 6.45) is 1.15. The molecule has 0 spiro atoms. The second kappa shape index (κ2) is 5.63. The van der Waals surface area contributed by atoms with E-state index in [1.54, 1.807) is 20.8 Å². The van der Waals surface area contributed by atoms with Crippen molar-refractivity contribution in [1.82, 2.24) is 14.9 Å². The van der Waals surface area contributed by atoms with Crippen LogP contribution in [0.3, 0.4) is 0 Å². The van der Waals surface area contributed by atoms with Crippen molar-refractivity contribution in [2.75, 3.05) is 0 Å². The first-order valence-corrected chi connectivity index (χ1v) is 7.64. The van der Waals surface area contributed by atoms with Crippen LogP contribution in [0.5, 0.6) is 0 Å². The van der Waals surface area contributed by atoms with Gasteiger partial charge in [-0.05, 0) is 32.9 Å². The lowest BCUT2D eigenvalue weighted by Gasteiger charge is -2.14. The quantitative estimate of drug-likeness (QED) is 0.918. The van der Waals surface area contributed by atoms with E-state index in [1.807, 2.05) is 6.07 Å². The van der Waals surface area contributed by atoms with Crippen molar-refractivity contribution in [2.24, 2.45) is 0 Å². The van der Waals surface area contributed by atoms with E-state index in [0.717, 1.165) is 6.20 Å². The van der Waals surface area contributed by atoms with Crippen molar-refractivity contribution in [2.45, 2.75) is 31.7 Å². The Balaban J connectivity index is 2.27. The molecule has 1 atom stereocenters. The van der Waals surface area contributed by atoms with Gasteiger partial charge in [-0.2, -0.15) is 5.26 Å². The maximum absolute atomic E-state index is 12.3. The molecular weight excluding hydrogens is 292 g/mol. The summed E-state index contributed by atoms with van der Waals surface area (Å²) in [7, 11) is -3.74. The minimum absolute atomic E-state index is 0.000102. The zero-order valence-electron chi connectivity index (χ0n) is 11.8. The summed E-state index contributed by atoms with van der Waals surface area (Å²) in [6.45, 7) is 5.18. The van der Waals surface area contributed by atoms with Gasteiger partial charge in [-0.3, -0.25) is 0 Å². The molecule has 8 heteroatoms. The van der Waals surface area contributed by atoms with Gasteiger partial charge in [0.25, 0.3) is 0 Å². The molecule has 0 fully saturated rings. The van der Waals surface area contributed by atoms with E-state index in [1.165, 1.54) is 12.1 Å². The number of nitriles is 1. The Labute approximate surface area is 122 Å². The molecule has 2 heterocycles. The first-order chi connectivity index (χ1) is 9.85. The highest BCUT2D eigenvalue weighted by Crippen LogP contribution is 2.22. The van der Waals surface area contributed by atoms with Crippen molar-refractivity contribution in [1.29, 1.82) is 5.26 Å². The van der Waals surface area contributed by atoms with E-state index in [-0.39, 0.29) is 10.6 Å². The molecule has 21 heavy (non-hydrogen) atoms. The Kier molecular flexibility index (Phi) is 4.06. The lowest BCUT2D eigenvalue weighted by Crippen LogP contribution is -2.27. The minimum atomic E-state index is -3.74. The van der Waals surface area contributed by atoms with Gasteiger partial charge in [0.1, 0.15) is 22.4 Å². The van der Waals surface area contributed by atoms with Crippen molar-refractivity contribution in [3.8, 4) is 6.07 Å². The van der Waals surface area contributed by atoms with Crippen LogP contribution in [0.2, 0.25) is 0 Å². The van der Waals surface area contributed by atoms with Gasteiger partial charge in [0.05, 0.1) is 5.69 Å². The van der Waals surface area contributed by atoms with Crippen LogP contribution in [0.15, 0.2) is 27.7 Å². The molecule has 7 nitrogen and oxygen atoms in total. The molecule has 2 aromatic rings. The summed E-state index contributed by atoms with van der Waals surface area (Å²) >= 11 is 0. The van der Waals surface area contributed by atoms with Crippen LogP contribution in [0, 0.1) is 25.2 Å². The summed E-state index contributed by atoms with van der Waals surface area (Å²) in [5.74, 6) is 0.570. The van der Waals surface area contributed by atoms with Crippen LogP contribution >= 0.6 is 0 Å². The molecule has 2 aromatic heterocycles. The fourth-order valence-electron chi connectivity index (χ4n) is 2.07. The van der Waals surface area contributed by atoms with Gasteiger partial charge in [0.15, 0.2) is 0 Å². The van der Waals surface area contributed by atoms with Crippen LogP contribution in [0.1, 0.15) is 35.7 Å². The number of nitrogens with zero attached hydrogens (tertiary/aromatic N) is 3. The van der Waals surface area contributed by atoms with E-state index in [2.05, 4.69) is 14.9 Å². The third kappa shape index (κ3) is 3.09. The van der Waals surface area contributed by atoms with E-state index in [4.69, 9.17) is 9.78 Å². The van der Waals surface area contributed by atoms with Gasteiger partial charge < -0.3 is 4.52 Å². The lowest BCUT2D eigenvalue weighted by atomic mass is 10.1. The highest BCUT2D eigenvalue weighted by molar-refractivity contribution is 7.89. The number of hydrogen-bond donors (Lipinski definition) is 1. The topological polar surface area (TPSA) is 109 Å². The van der Waals surface area contributed by atoms with Crippen molar-refractivity contribution < 1.29 is 12.9 Å². The number of hydrogen-bond acceptors (Lipinski definition) is 6. The number of aromatic nitrogens is 2. The average molecular weight is 306 g/mol. The molecule has 0 saturated heterocycles. The highest BCUT2D eigenvalue weighted by Gasteiger charge is 2.23. The minimum Gasteiger partial charge on any atom is -0.361 e. The second-order valence-corrected chi connectivity index (χ2v) is 6.29. The van der Waals surface area contributed by atoms with E-state index >= 15 is 0 Å². The molecular formula is C13H14N4O3S. The van der Waals surface area contributed by atoms with Crippen LogP contribution in [0.4, 0.5) is 0 Å². The Morgan fingerprint density at radius 2 is 2.10 bits per heavy atom. The summed E-state index contributed by atoms with van der Waals surface area (Å²) < 4.78 is 32.1. The van der Waals surface area contributed by atoms with E-state index < -0.39 is 16.1 Å². The summed E-state index contributed by atoms with van der Waals surface area (Å²) in [5.41, 5.74) is 1.51. The van der Waals surface area contributed by atoms with Crippen LogP contribution in [-0.4, -0.2) is 18.6 Å². The van der Waals surface area contributed by atoms with Gasteiger partial charge >= 0.3 is 0 Å². The third-order valence-corrected chi connectivity index (χ3v) is 4.54. The number of sulfonamides is 1. The molecule has 1 unspecified atom stereocenters. The molecule has 2 rings (SSSR count). The maximum atomic E-state index is 12.3. The highest BCUT2D eigenvalue weighted by atomic mass is 32.2. The molecule has 0 aromatic carbocycles. The molecule has 0 radical (unpaired) electrons. The molecule has 110 valence electrons. The zero-order chi connectivity index (χ0) is 15.6. The van der Waals surface area contributed by atoms with Crippen molar-refractivity contribution in [3.63, 3.8) is 0 Å². The Morgan fingerprint density at radius 1 is 1.38 bits per heavy atom. The van der Waals surface area contributed by atoms with Crippen LogP contribution < -0.4 is 4.72 Å². The summed E-state index contributed by atoms with van der Waals surface area (Å²) in [4.78, 5) is 3.76. The van der Waals surface area contributed by atoms with Gasteiger partial charge in [-0.1, -0.05) is 5.16 Å². The second-order valence-electron chi connectivity index (χ2n) is 4.57. The normalized spacial score (nSPS) is 12.9. The fraction of sp³-hybridized carbons (Fsp3) is 0.308. The summed E-state index contributed by atoms with van der Waals surface area (Å²) in [5, 5.41) is 12.5. The van der Waals surface area contributed by atoms with E-state index in [9.17, 15) is 8.42 Å². The van der Waals surface area contributed by atoms with Gasteiger partial charge in [0.2, 0.25) is 10.0 Å². The number of pyridine rings is 1. The number of rotatable bonds is 4. The Hall–Kier alpha value is -2.24. The molecule has 0 aliphatic carbocycles. The SMILES string of the molecule is Cc1noc(C)c1C(C)NS(=O)(=O)c1ccc(C#N)nc1. The first kappa shape index (κ1) is 15.2. The van der Waals surface area contributed by atoms with Gasteiger partial charge in [-0.15, -0.1) is 0 Å². The molecule has 0 bridgehead atoms. The zero-order valence-corrected chi connectivity index (χ0v) is 12.6. The molecule has 0 aliphatic heterocycles.